The molecule has 1 aliphatic carbocycles. The van der Waals surface area contributed by atoms with Gasteiger partial charge in [0.1, 0.15) is 5.82 Å². The van der Waals surface area contributed by atoms with Crippen LogP contribution in [-0.4, -0.2) is 9.78 Å². The third-order valence-corrected chi connectivity index (χ3v) is 4.22. The highest BCUT2D eigenvalue weighted by Gasteiger charge is 2.25. The van der Waals surface area contributed by atoms with E-state index in [0.717, 1.165) is 23.0 Å². The summed E-state index contributed by atoms with van der Waals surface area (Å²) in [5.74, 6) is 0.933. The lowest BCUT2D eigenvalue weighted by Gasteiger charge is -2.11. The van der Waals surface area contributed by atoms with E-state index in [0.29, 0.717) is 6.04 Å². The van der Waals surface area contributed by atoms with Gasteiger partial charge in [0.15, 0.2) is 0 Å². The molecule has 5 heteroatoms. The molecule has 0 saturated carbocycles. The van der Waals surface area contributed by atoms with Crippen molar-refractivity contribution in [2.24, 2.45) is 7.05 Å². The Morgan fingerprint density at radius 1 is 1.62 bits per heavy atom. The van der Waals surface area contributed by atoms with Crippen LogP contribution in [-0.2, 0) is 13.5 Å². The Hall–Kier alpha value is -1.00. The molecule has 0 saturated heterocycles. The Kier molecular flexibility index (Phi) is 2.41. The first-order valence-electron chi connectivity index (χ1n) is 5.26. The molecule has 0 fully saturated rings. The molecule has 0 aliphatic heterocycles. The normalized spacial score (nSPS) is 18.8. The highest BCUT2D eigenvalue weighted by atomic mass is 35.5. The molecule has 84 valence electrons. The van der Waals surface area contributed by atoms with Crippen LogP contribution in [0.3, 0.4) is 0 Å². The summed E-state index contributed by atoms with van der Waals surface area (Å²) < 4.78 is 2.69. The van der Waals surface area contributed by atoms with Crippen molar-refractivity contribution in [1.29, 1.82) is 0 Å². The monoisotopic (exact) mass is 253 g/mol. The van der Waals surface area contributed by atoms with Gasteiger partial charge in [-0.1, -0.05) is 11.6 Å². The second-order valence-electron chi connectivity index (χ2n) is 4.04. The van der Waals surface area contributed by atoms with Crippen LogP contribution in [0.4, 0.5) is 5.82 Å². The van der Waals surface area contributed by atoms with Crippen molar-refractivity contribution in [3.05, 3.63) is 33.1 Å². The first-order chi connectivity index (χ1) is 7.72. The van der Waals surface area contributed by atoms with Gasteiger partial charge in [-0.25, -0.2) is 0 Å². The molecular formula is C11H12ClN3S. The number of fused-ring (bicyclic) bond motifs is 1. The quantitative estimate of drug-likeness (QED) is 0.891. The van der Waals surface area contributed by atoms with Crippen molar-refractivity contribution >= 4 is 28.8 Å². The van der Waals surface area contributed by atoms with Gasteiger partial charge in [-0.05, 0) is 24.5 Å². The van der Waals surface area contributed by atoms with Crippen LogP contribution >= 0.6 is 22.9 Å². The molecule has 1 N–H and O–H groups in total. The van der Waals surface area contributed by atoms with Crippen LogP contribution in [0.1, 0.15) is 22.9 Å². The van der Waals surface area contributed by atoms with Gasteiger partial charge in [0.05, 0.1) is 10.4 Å². The first-order valence-corrected chi connectivity index (χ1v) is 6.46. The van der Waals surface area contributed by atoms with Crippen LogP contribution < -0.4 is 5.32 Å². The molecule has 2 aromatic heterocycles. The molecule has 1 aliphatic rings. The molecule has 0 aromatic carbocycles. The zero-order chi connectivity index (χ0) is 11.1. The summed E-state index contributed by atoms with van der Waals surface area (Å²) in [6.07, 6.45) is 4.20. The molecule has 0 radical (unpaired) electrons. The van der Waals surface area contributed by atoms with Crippen molar-refractivity contribution in [1.82, 2.24) is 9.78 Å². The maximum Gasteiger partial charge on any atom is 0.148 e. The minimum atomic E-state index is 0.369. The Balaban J connectivity index is 1.82. The minimum Gasteiger partial charge on any atom is -0.362 e. The summed E-state index contributed by atoms with van der Waals surface area (Å²) in [4.78, 5) is 1.42. The van der Waals surface area contributed by atoms with E-state index in [-0.39, 0.29) is 0 Å². The zero-order valence-corrected chi connectivity index (χ0v) is 10.5. The summed E-state index contributed by atoms with van der Waals surface area (Å²) >= 11 is 7.72. The number of hydrogen-bond donors (Lipinski definition) is 1. The maximum atomic E-state index is 6.02. The fourth-order valence-electron chi connectivity index (χ4n) is 2.15. The fourth-order valence-corrected chi connectivity index (χ4v) is 3.51. The average Bonchev–Trinajstić information content (AvgIpc) is 2.86. The number of aryl methyl sites for hydroxylation is 2. The number of halogens is 1. The van der Waals surface area contributed by atoms with Crippen molar-refractivity contribution in [3.63, 3.8) is 0 Å². The standard InChI is InChI=1S/C11H12ClN3S/c1-15-5-4-11(14-15)13-8-2-3-9-7(8)6-10(12)16-9/h4-6,8H,2-3H2,1H3,(H,13,14). The van der Waals surface area contributed by atoms with Gasteiger partial charge < -0.3 is 5.32 Å². The third kappa shape index (κ3) is 1.72. The first kappa shape index (κ1) is 10.2. The van der Waals surface area contributed by atoms with Crippen LogP contribution in [0.25, 0.3) is 0 Å². The second-order valence-corrected chi connectivity index (χ2v) is 5.81. The molecule has 0 bridgehead atoms. The summed E-state index contributed by atoms with van der Waals surface area (Å²) in [5.41, 5.74) is 1.35. The van der Waals surface area contributed by atoms with E-state index < -0.39 is 0 Å². The number of hydrogen-bond acceptors (Lipinski definition) is 3. The smallest absolute Gasteiger partial charge is 0.148 e. The van der Waals surface area contributed by atoms with Crippen molar-refractivity contribution in [3.8, 4) is 0 Å². The van der Waals surface area contributed by atoms with Gasteiger partial charge in [-0.2, -0.15) is 5.10 Å². The summed E-state index contributed by atoms with van der Waals surface area (Å²) in [6, 6.07) is 4.44. The Morgan fingerprint density at radius 3 is 3.25 bits per heavy atom. The fraction of sp³-hybridized carbons (Fsp3) is 0.364. The molecule has 0 amide bonds. The lowest BCUT2D eigenvalue weighted by molar-refractivity contribution is 0.733. The maximum absolute atomic E-state index is 6.02. The number of anilines is 1. The molecular weight excluding hydrogens is 242 g/mol. The largest absolute Gasteiger partial charge is 0.362 e. The van der Waals surface area contributed by atoms with Crippen molar-refractivity contribution < 1.29 is 0 Å². The van der Waals surface area contributed by atoms with Gasteiger partial charge in [0.25, 0.3) is 0 Å². The van der Waals surface area contributed by atoms with E-state index in [1.165, 1.54) is 10.4 Å². The zero-order valence-electron chi connectivity index (χ0n) is 8.90. The van der Waals surface area contributed by atoms with E-state index in [9.17, 15) is 0 Å². The van der Waals surface area contributed by atoms with Crippen LogP contribution in [0.15, 0.2) is 18.3 Å². The van der Waals surface area contributed by atoms with Crippen molar-refractivity contribution in [2.45, 2.75) is 18.9 Å². The minimum absolute atomic E-state index is 0.369. The van der Waals surface area contributed by atoms with Gasteiger partial charge in [0, 0.05) is 24.2 Å². The predicted molar refractivity (Wildman–Crippen MR) is 67.2 cm³/mol. The number of aromatic nitrogens is 2. The Bertz CT molecular complexity index is 517. The summed E-state index contributed by atoms with van der Waals surface area (Å²) in [6.45, 7) is 0. The topological polar surface area (TPSA) is 29.9 Å². The second kappa shape index (κ2) is 3.79. The third-order valence-electron chi connectivity index (χ3n) is 2.88. The van der Waals surface area contributed by atoms with E-state index >= 15 is 0 Å². The number of thiophene rings is 1. The molecule has 0 spiro atoms. The molecule has 2 aromatic rings. The van der Waals surface area contributed by atoms with Gasteiger partial charge in [-0.15, -0.1) is 11.3 Å². The van der Waals surface area contributed by atoms with Crippen molar-refractivity contribution in [2.75, 3.05) is 5.32 Å². The highest BCUT2D eigenvalue weighted by Crippen LogP contribution is 2.40. The van der Waals surface area contributed by atoms with Crippen LogP contribution in [0, 0.1) is 0 Å². The van der Waals surface area contributed by atoms with Gasteiger partial charge in [-0.3, -0.25) is 4.68 Å². The lowest BCUT2D eigenvalue weighted by atomic mass is 10.2. The lowest BCUT2D eigenvalue weighted by Crippen LogP contribution is -2.07. The van der Waals surface area contributed by atoms with E-state index in [1.807, 2.05) is 19.3 Å². The van der Waals surface area contributed by atoms with E-state index in [2.05, 4.69) is 16.5 Å². The molecule has 2 heterocycles. The number of nitrogens with one attached hydrogen (secondary N) is 1. The molecule has 3 nitrogen and oxygen atoms in total. The summed E-state index contributed by atoms with van der Waals surface area (Å²) in [5, 5.41) is 7.78. The van der Waals surface area contributed by atoms with Crippen LogP contribution in [0.2, 0.25) is 4.34 Å². The average molecular weight is 254 g/mol. The Labute approximate surface area is 103 Å². The SMILES string of the molecule is Cn1ccc(NC2CCc3sc(Cl)cc32)n1. The Morgan fingerprint density at radius 2 is 2.50 bits per heavy atom. The van der Waals surface area contributed by atoms with E-state index in [4.69, 9.17) is 11.6 Å². The van der Waals surface area contributed by atoms with E-state index in [1.54, 1.807) is 16.0 Å². The van der Waals surface area contributed by atoms with Crippen LogP contribution in [0.5, 0.6) is 0 Å². The molecule has 1 atom stereocenters. The van der Waals surface area contributed by atoms with Gasteiger partial charge in [0.2, 0.25) is 0 Å². The van der Waals surface area contributed by atoms with Gasteiger partial charge >= 0.3 is 0 Å². The molecule has 3 rings (SSSR count). The number of nitrogens with zero attached hydrogens (tertiary/aromatic N) is 2. The predicted octanol–water partition coefficient (Wildman–Crippen LogP) is 3.23. The highest BCUT2D eigenvalue weighted by molar-refractivity contribution is 7.16. The number of rotatable bonds is 2. The molecule has 1 unspecified atom stereocenters. The summed E-state index contributed by atoms with van der Waals surface area (Å²) in [7, 11) is 1.92. The molecule has 16 heavy (non-hydrogen) atoms.